The van der Waals surface area contributed by atoms with Crippen LogP contribution in [0.4, 0.5) is 5.69 Å². The lowest BCUT2D eigenvalue weighted by molar-refractivity contribution is 0.102. The molecule has 0 atom stereocenters. The number of anilines is 1. The number of carbonyl (C=O) groups is 1. The number of benzene rings is 2. The summed E-state index contributed by atoms with van der Waals surface area (Å²) in [6.45, 7) is 0. The minimum Gasteiger partial charge on any atom is -0.493 e. The largest absolute Gasteiger partial charge is 0.493 e. The zero-order valence-corrected chi connectivity index (χ0v) is 18.2. The molecular formula is C24H19ClN4O3. The molecule has 1 N–H and O–H groups in total. The molecule has 0 saturated heterocycles. The third-order valence-electron chi connectivity index (χ3n) is 5.40. The molecule has 4 aromatic rings. The van der Waals surface area contributed by atoms with Gasteiger partial charge in [0.05, 0.1) is 37.5 Å². The van der Waals surface area contributed by atoms with Gasteiger partial charge in [0.2, 0.25) is 0 Å². The van der Waals surface area contributed by atoms with Crippen molar-refractivity contribution in [2.24, 2.45) is 0 Å². The van der Waals surface area contributed by atoms with Gasteiger partial charge in [-0.1, -0.05) is 17.7 Å². The van der Waals surface area contributed by atoms with Gasteiger partial charge in [0.1, 0.15) is 0 Å². The second-order valence-corrected chi connectivity index (χ2v) is 7.74. The first-order valence-electron chi connectivity index (χ1n) is 9.93. The van der Waals surface area contributed by atoms with E-state index in [0.717, 1.165) is 28.1 Å². The lowest BCUT2D eigenvalue weighted by atomic mass is 10.1. The third kappa shape index (κ3) is 3.36. The number of nitrogens with one attached hydrogen (secondary N) is 1. The average molecular weight is 447 g/mol. The van der Waals surface area contributed by atoms with Gasteiger partial charge in [-0.2, -0.15) is 5.10 Å². The maximum absolute atomic E-state index is 13.2. The summed E-state index contributed by atoms with van der Waals surface area (Å²) in [5.74, 6) is 0.945. The molecule has 0 spiro atoms. The van der Waals surface area contributed by atoms with Crippen LogP contribution in [-0.4, -0.2) is 34.9 Å². The number of pyridine rings is 1. The van der Waals surface area contributed by atoms with Gasteiger partial charge < -0.3 is 14.8 Å². The molecule has 0 saturated carbocycles. The summed E-state index contributed by atoms with van der Waals surface area (Å²) in [5.41, 5.74) is 5.33. The number of halogens is 1. The molecule has 0 bridgehead atoms. The van der Waals surface area contributed by atoms with Crippen LogP contribution >= 0.6 is 11.6 Å². The first kappa shape index (κ1) is 20.1. The van der Waals surface area contributed by atoms with Crippen molar-refractivity contribution in [2.45, 2.75) is 6.42 Å². The summed E-state index contributed by atoms with van der Waals surface area (Å²) in [4.78, 5) is 17.2. The van der Waals surface area contributed by atoms with Gasteiger partial charge in [-0.15, -0.1) is 0 Å². The number of amides is 1. The van der Waals surface area contributed by atoms with Crippen LogP contribution in [0.1, 0.15) is 21.6 Å². The maximum Gasteiger partial charge on any atom is 0.276 e. The number of methoxy groups -OCH3 is 2. The van der Waals surface area contributed by atoms with E-state index in [2.05, 4.69) is 15.4 Å². The fourth-order valence-electron chi connectivity index (χ4n) is 3.98. The second kappa shape index (κ2) is 8.01. The average Bonchev–Trinajstić information content (AvgIpc) is 3.35. The number of fused-ring (bicyclic) bond motifs is 3. The second-order valence-electron chi connectivity index (χ2n) is 7.30. The summed E-state index contributed by atoms with van der Waals surface area (Å²) in [7, 11) is 3.20. The van der Waals surface area contributed by atoms with Gasteiger partial charge in [0.25, 0.3) is 5.91 Å². The standard InChI is InChI=1S/C24H19ClN4O3/c1-31-20-10-14-9-19-22(24(30)27-16-6-4-8-26-13-16)28-29(17-7-3-5-15(25)11-17)23(19)18(14)12-21(20)32-2/h3-8,10-13H,9H2,1-2H3,(H,27,30). The van der Waals surface area contributed by atoms with E-state index in [1.807, 2.05) is 30.3 Å². The summed E-state index contributed by atoms with van der Waals surface area (Å²) in [6, 6.07) is 14.8. The molecule has 0 radical (unpaired) electrons. The molecule has 1 aliphatic carbocycles. The van der Waals surface area contributed by atoms with Crippen LogP contribution < -0.4 is 14.8 Å². The Labute approximate surface area is 189 Å². The topological polar surface area (TPSA) is 78.3 Å². The molecular weight excluding hydrogens is 428 g/mol. The van der Waals surface area contributed by atoms with Crippen molar-refractivity contribution in [1.82, 2.24) is 14.8 Å². The van der Waals surface area contributed by atoms with Crippen molar-refractivity contribution in [2.75, 3.05) is 19.5 Å². The van der Waals surface area contributed by atoms with Crippen LogP contribution in [0.15, 0.2) is 60.9 Å². The van der Waals surface area contributed by atoms with Crippen LogP contribution in [0.5, 0.6) is 11.5 Å². The Morgan fingerprint density at radius 2 is 1.91 bits per heavy atom. The van der Waals surface area contributed by atoms with E-state index in [-0.39, 0.29) is 5.91 Å². The predicted molar refractivity (Wildman–Crippen MR) is 122 cm³/mol. The quantitative estimate of drug-likeness (QED) is 0.421. The Morgan fingerprint density at radius 3 is 2.62 bits per heavy atom. The highest BCUT2D eigenvalue weighted by Crippen LogP contribution is 2.45. The zero-order chi connectivity index (χ0) is 22.2. The maximum atomic E-state index is 13.2. The number of hydrogen-bond donors (Lipinski definition) is 1. The van der Waals surface area contributed by atoms with Crippen molar-refractivity contribution >= 4 is 23.2 Å². The molecule has 2 heterocycles. The van der Waals surface area contributed by atoms with E-state index >= 15 is 0 Å². The van der Waals surface area contributed by atoms with Crippen molar-refractivity contribution in [3.05, 3.63) is 82.8 Å². The Morgan fingerprint density at radius 1 is 1.09 bits per heavy atom. The first-order valence-corrected chi connectivity index (χ1v) is 10.3. The molecule has 5 rings (SSSR count). The van der Waals surface area contributed by atoms with Crippen molar-refractivity contribution in [3.8, 4) is 28.4 Å². The fraction of sp³-hybridized carbons (Fsp3) is 0.125. The number of rotatable bonds is 5. The van der Waals surface area contributed by atoms with E-state index in [1.54, 1.807) is 49.5 Å². The minimum absolute atomic E-state index is 0.304. The molecule has 32 heavy (non-hydrogen) atoms. The molecule has 2 aromatic carbocycles. The minimum atomic E-state index is -0.304. The van der Waals surface area contributed by atoms with Gasteiger partial charge in [0.15, 0.2) is 17.2 Å². The van der Waals surface area contributed by atoms with E-state index in [9.17, 15) is 4.79 Å². The highest BCUT2D eigenvalue weighted by molar-refractivity contribution is 6.30. The zero-order valence-electron chi connectivity index (χ0n) is 17.4. The van der Waals surface area contributed by atoms with E-state index in [1.165, 1.54) is 0 Å². The lowest BCUT2D eigenvalue weighted by Gasteiger charge is -2.12. The van der Waals surface area contributed by atoms with Crippen molar-refractivity contribution in [1.29, 1.82) is 0 Å². The summed E-state index contributed by atoms with van der Waals surface area (Å²) < 4.78 is 12.7. The predicted octanol–water partition coefficient (Wildman–Crippen LogP) is 4.76. The Balaban J connectivity index is 1.68. The van der Waals surface area contributed by atoms with E-state index in [4.69, 9.17) is 21.1 Å². The van der Waals surface area contributed by atoms with Gasteiger partial charge in [-0.25, -0.2) is 4.68 Å². The molecule has 0 fully saturated rings. The van der Waals surface area contributed by atoms with Crippen molar-refractivity contribution < 1.29 is 14.3 Å². The highest BCUT2D eigenvalue weighted by atomic mass is 35.5. The smallest absolute Gasteiger partial charge is 0.276 e. The van der Waals surface area contributed by atoms with Crippen LogP contribution in [-0.2, 0) is 6.42 Å². The van der Waals surface area contributed by atoms with Gasteiger partial charge in [-0.05, 0) is 48.0 Å². The monoisotopic (exact) mass is 446 g/mol. The van der Waals surface area contributed by atoms with Crippen LogP contribution in [0.25, 0.3) is 16.9 Å². The van der Waals surface area contributed by atoms with Crippen LogP contribution in [0, 0.1) is 0 Å². The van der Waals surface area contributed by atoms with E-state index in [0.29, 0.717) is 34.3 Å². The highest BCUT2D eigenvalue weighted by Gasteiger charge is 2.32. The number of aromatic nitrogens is 3. The SMILES string of the molecule is COc1cc2c(cc1OC)-c1c(c(C(=O)Nc3cccnc3)nn1-c1cccc(Cl)c1)C2. The summed E-state index contributed by atoms with van der Waals surface area (Å²) in [5, 5.41) is 8.16. The van der Waals surface area contributed by atoms with Gasteiger partial charge in [-0.3, -0.25) is 9.78 Å². The molecule has 0 aliphatic heterocycles. The first-order chi connectivity index (χ1) is 15.6. The lowest BCUT2D eigenvalue weighted by Crippen LogP contribution is -2.15. The fourth-order valence-corrected chi connectivity index (χ4v) is 4.16. The van der Waals surface area contributed by atoms with Crippen molar-refractivity contribution in [3.63, 3.8) is 0 Å². The molecule has 2 aromatic heterocycles. The normalized spacial score (nSPS) is 11.6. The van der Waals surface area contributed by atoms with E-state index < -0.39 is 0 Å². The number of ether oxygens (including phenoxy) is 2. The molecule has 160 valence electrons. The number of hydrogen-bond acceptors (Lipinski definition) is 5. The van der Waals surface area contributed by atoms with Crippen LogP contribution in [0.3, 0.4) is 0 Å². The molecule has 8 heteroatoms. The summed E-state index contributed by atoms with van der Waals surface area (Å²) in [6.07, 6.45) is 3.79. The van der Waals surface area contributed by atoms with Gasteiger partial charge >= 0.3 is 0 Å². The summed E-state index contributed by atoms with van der Waals surface area (Å²) >= 11 is 6.25. The Hall–Kier alpha value is -3.84. The third-order valence-corrected chi connectivity index (χ3v) is 5.64. The molecule has 1 aliphatic rings. The number of carbonyl (C=O) groups excluding carboxylic acids is 1. The molecule has 0 unspecified atom stereocenters. The molecule has 1 amide bonds. The number of nitrogens with zero attached hydrogens (tertiary/aromatic N) is 3. The Bertz CT molecular complexity index is 1330. The van der Waals surface area contributed by atoms with Crippen LogP contribution in [0.2, 0.25) is 5.02 Å². The van der Waals surface area contributed by atoms with Gasteiger partial charge in [0, 0.05) is 28.8 Å². The Kier molecular flexibility index (Phi) is 5.03. The molecule has 7 nitrogen and oxygen atoms in total.